The lowest BCUT2D eigenvalue weighted by Crippen LogP contribution is -2.49. The molecular weight excluding hydrogens is 369 g/mol. The Balaban J connectivity index is 1.83. The normalized spacial score (nSPS) is 13.5. The second-order valence-electron chi connectivity index (χ2n) is 5.82. The first-order valence-electron chi connectivity index (χ1n) is 7.73. The van der Waals surface area contributed by atoms with Crippen molar-refractivity contribution in [1.29, 1.82) is 0 Å². The molecule has 1 aromatic heterocycles. The molecule has 0 unspecified atom stereocenters. The van der Waals surface area contributed by atoms with Crippen LogP contribution in [0.25, 0.3) is 0 Å². The molecule has 0 aliphatic carbocycles. The molecule has 0 fully saturated rings. The van der Waals surface area contributed by atoms with E-state index in [2.05, 4.69) is 0 Å². The second-order valence-corrected chi connectivity index (χ2v) is 5.82. The van der Waals surface area contributed by atoms with Gasteiger partial charge in [-0.25, -0.2) is 0 Å². The zero-order chi connectivity index (χ0) is 20.1. The van der Waals surface area contributed by atoms with Crippen molar-refractivity contribution in [2.24, 2.45) is 0 Å². The lowest BCUT2D eigenvalue weighted by Gasteiger charge is -2.25. The van der Waals surface area contributed by atoms with E-state index < -0.39 is 30.0 Å². The van der Waals surface area contributed by atoms with Gasteiger partial charge in [0.15, 0.2) is 11.4 Å². The van der Waals surface area contributed by atoms with Crippen LogP contribution in [0.15, 0.2) is 46.9 Å². The van der Waals surface area contributed by atoms with E-state index in [9.17, 15) is 27.9 Å². The summed E-state index contributed by atoms with van der Waals surface area (Å²) in [6.45, 7) is 0.512. The molecular formula is C17H17F3N2O5. The Morgan fingerprint density at radius 2 is 1.78 bits per heavy atom. The molecule has 7 nitrogen and oxygen atoms in total. The molecule has 0 aliphatic rings. The van der Waals surface area contributed by atoms with Crippen LogP contribution in [0, 0.1) is 0 Å². The Morgan fingerprint density at radius 1 is 1.11 bits per heavy atom. The van der Waals surface area contributed by atoms with E-state index in [-0.39, 0.29) is 12.4 Å². The molecule has 0 saturated heterocycles. The van der Waals surface area contributed by atoms with Crippen LogP contribution in [-0.2, 0) is 11.4 Å². The third-order valence-electron chi connectivity index (χ3n) is 3.44. The SMILES string of the molecule is C[C@](O)(CC(=O)NNC(=O)c1ccc(COc2ccccc2)o1)C(F)(F)F. The predicted octanol–water partition coefficient (Wildman–Crippen LogP) is 2.32. The third kappa shape index (κ3) is 5.74. The fraction of sp³-hybridized carbons (Fsp3) is 0.294. The van der Waals surface area contributed by atoms with E-state index in [4.69, 9.17) is 9.15 Å². The molecule has 0 saturated carbocycles. The number of amides is 2. The topological polar surface area (TPSA) is 101 Å². The lowest BCUT2D eigenvalue weighted by atomic mass is 10.0. The van der Waals surface area contributed by atoms with Gasteiger partial charge in [0.05, 0.1) is 6.42 Å². The number of alkyl halides is 3. The Bertz CT molecular complexity index is 787. The Labute approximate surface area is 152 Å². The first-order valence-corrected chi connectivity index (χ1v) is 7.73. The molecule has 2 rings (SSSR count). The fourth-order valence-electron chi connectivity index (χ4n) is 1.89. The molecule has 27 heavy (non-hydrogen) atoms. The van der Waals surface area contributed by atoms with Crippen LogP contribution in [0.1, 0.15) is 29.7 Å². The highest BCUT2D eigenvalue weighted by Gasteiger charge is 2.51. The number of hydrogen-bond acceptors (Lipinski definition) is 5. The van der Waals surface area contributed by atoms with Gasteiger partial charge in [0.25, 0.3) is 0 Å². The summed E-state index contributed by atoms with van der Waals surface area (Å²) >= 11 is 0. The van der Waals surface area contributed by atoms with E-state index in [1.165, 1.54) is 12.1 Å². The molecule has 0 bridgehead atoms. The minimum Gasteiger partial charge on any atom is -0.486 e. The number of benzene rings is 1. The van der Waals surface area contributed by atoms with Gasteiger partial charge in [0, 0.05) is 0 Å². The highest BCUT2D eigenvalue weighted by atomic mass is 19.4. The minimum atomic E-state index is -4.98. The van der Waals surface area contributed by atoms with Crippen LogP contribution >= 0.6 is 0 Å². The molecule has 2 amide bonds. The summed E-state index contributed by atoms with van der Waals surface area (Å²) in [5.74, 6) is -1.34. The van der Waals surface area contributed by atoms with Crippen molar-refractivity contribution in [3.63, 3.8) is 0 Å². The first kappa shape index (κ1) is 20.3. The number of para-hydroxylation sites is 1. The van der Waals surface area contributed by atoms with Gasteiger partial charge >= 0.3 is 12.1 Å². The monoisotopic (exact) mass is 386 g/mol. The molecule has 146 valence electrons. The van der Waals surface area contributed by atoms with Gasteiger partial charge < -0.3 is 14.3 Å². The average molecular weight is 386 g/mol. The average Bonchev–Trinajstić information content (AvgIpc) is 3.06. The van der Waals surface area contributed by atoms with Crippen LogP contribution in [0.2, 0.25) is 0 Å². The summed E-state index contributed by atoms with van der Waals surface area (Å²) in [6.07, 6.45) is -6.26. The maximum Gasteiger partial charge on any atom is 0.417 e. The van der Waals surface area contributed by atoms with Gasteiger partial charge in [-0.15, -0.1) is 0 Å². The number of carbonyl (C=O) groups excluding carboxylic acids is 2. The number of carbonyl (C=O) groups is 2. The smallest absolute Gasteiger partial charge is 0.417 e. The maximum atomic E-state index is 12.5. The largest absolute Gasteiger partial charge is 0.486 e. The number of furan rings is 1. The van der Waals surface area contributed by atoms with Crippen LogP contribution in [0.4, 0.5) is 13.2 Å². The maximum absolute atomic E-state index is 12.5. The number of hydrogen-bond donors (Lipinski definition) is 3. The number of hydrazine groups is 1. The molecule has 1 atom stereocenters. The molecule has 3 N–H and O–H groups in total. The van der Waals surface area contributed by atoms with Crippen LogP contribution in [0.3, 0.4) is 0 Å². The van der Waals surface area contributed by atoms with E-state index in [1.54, 1.807) is 29.7 Å². The van der Waals surface area contributed by atoms with Gasteiger partial charge in [-0.2, -0.15) is 13.2 Å². The molecule has 0 radical (unpaired) electrons. The number of rotatable bonds is 6. The van der Waals surface area contributed by atoms with Gasteiger partial charge in [-0.05, 0) is 31.2 Å². The molecule has 2 aromatic rings. The van der Waals surface area contributed by atoms with Gasteiger partial charge in [-0.1, -0.05) is 18.2 Å². The van der Waals surface area contributed by atoms with Crippen LogP contribution in [-0.4, -0.2) is 28.7 Å². The van der Waals surface area contributed by atoms with Crippen molar-refractivity contribution in [1.82, 2.24) is 10.9 Å². The standard InChI is InChI=1S/C17H17F3N2O5/c1-16(25,17(18,19)20)9-14(23)21-22-15(24)13-8-7-12(27-13)10-26-11-5-3-2-4-6-11/h2-8,25H,9-10H2,1H3,(H,21,23)(H,22,24)/t16-/m0/s1. The summed E-state index contributed by atoms with van der Waals surface area (Å²) in [4.78, 5) is 23.3. The van der Waals surface area contributed by atoms with Crippen LogP contribution in [0.5, 0.6) is 5.75 Å². The summed E-state index contributed by atoms with van der Waals surface area (Å²) < 4.78 is 48.2. The Morgan fingerprint density at radius 3 is 2.41 bits per heavy atom. The molecule has 1 aromatic carbocycles. The van der Waals surface area contributed by atoms with Crippen LogP contribution < -0.4 is 15.6 Å². The summed E-state index contributed by atoms with van der Waals surface area (Å²) in [7, 11) is 0. The molecule has 10 heteroatoms. The second kappa shape index (κ2) is 8.12. The van der Waals surface area contributed by atoms with Crippen molar-refractivity contribution in [2.75, 3.05) is 0 Å². The van der Waals surface area contributed by atoms with Crippen molar-refractivity contribution in [3.05, 3.63) is 54.0 Å². The predicted molar refractivity (Wildman–Crippen MR) is 86.4 cm³/mol. The summed E-state index contributed by atoms with van der Waals surface area (Å²) in [5.41, 5.74) is 0.481. The van der Waals surface area contributed by atoms with E-state index in [0.717, 1.165) is 0 Å². The highest BCUT2D eigenvalue weighted by molar-refractivity contribution is 5.93. The molecule has 1 heterocycles. The number of nitrogens with one attached hydrogen (secondary N) is 2. The van der Waals surface area contributed by atoms with E-state index in [1.807, 2.05) is 11.5 Å². The van der Waals surface area contributed by atoms with Crippen molar-refractivity contribution < 1.29 is 37.0 Å². The Kier molecular flexibility index (Phi) is 6.11. The third-order valence-corrected chi connectivity index (χ3v) is 3.44. The zero-order valence-corrected chi connectivity index (χ0v) is 14.2. The minimum absolute atomic E-state index is 0.0537. The van der Waals surface area contributed by atoms with Crippen molar-refractivity contribution >= 4 is 11.8 Å². The first-order chi connectivity index (χ1) is 12.6. The van der Waals surface area contributed by atoms with Gasteiger partial charge in [-0.3, -0.25) is 20.4 Å². The Hall–Kier alpha value is -3.01. The van der Waals surface area contributed by atoms with E-state index in [0.29, 0.717) is 18.4 Å². The quantitative estimate of drug-likeness (QED) is 0.662. The highest BCUT2D eigenvalue weighted by Crippen LogP contribution is 2.32. The van der Waals surface area contributed by atoms with Gasteiger partial charge in [0.2, 0.25) is 5.91 Å². The summed E-state index contributed by atoms with van der Waals surface area (Å²) in [6, 6.07) is 11.7. The zero-order valence-electron chi connectivity index (χ0n) is 14.2. The van der Waals surface area contributed by atoms with E-state index >= 15 is 0 Å². The lowest BCUT2D eigenvalue weighted by molar-refractivity contribution is -0.253. The number of ether oxygens (including phenoxy) is 1. The number of halogens is 3. The van der Waals surface area contributed by atoms with Crippen molar-refractivity contribution in [3.8, 4) is 5.75 Å². The molecule has 0 spiro atoms. The fourth-order valence-corrected chi connectivity index (χ4v) is 1.89. The van der Waals surface area contributed by atoms with Crippen molar-refractivity contribution in [2.45, 2.75) is 31.7 Å². The van der Waals surface area contributed by atoms with Gasteiger partial charge in [0.1, 0.15) is 18.1 Å². The molecule has 0 aliphatic heterocycles. The summed E-state index contributed by atoms with van der Waals surface area (Å²) in [5, 5.41) is 9.23. The number of aliphatic hydroxyl groups is 1.